The van der Waals surface area contributed by atoms with Crippen molar-refractivity contribution in [1.82, 2.24) is 25.3 Å². The molecule has 30 heavy (non-hydrogen) atoms. The van der Waals surface area contributed by atoms with E-state index in [4.69, 9.17) is 4.74 Å². The van der Waals surface area contributed by atoms with Crippen LogP contribution < -0.4 is 15.4 Å². The Balaban J connectivity index is 1.76. The first-order valence-corrected chi connectivity index (χ1v) is 10.8. The normalized spacial score (nSPS) is 10.6. The predicted octanol–water partition coefficient (Wildman–Crippen LogP) is 2.74. The van der Waals surface area contributed by atoms with Gasteiger partial charge in [0.1, 0.15) is 5.82 Å². The SMILES string of the molecule is CCCOc1cn(-c2ccc(F)cc2)nc1C(=O)Nc1nnc(SCC(=O)NC)s1. The van der Waals surface area contributed by atoms with E-state index in [9.17, 15) is 14.0 Å². The minimum absolute atomic E-state index is 0.0718. The molecule has 0 radical (unpaired) electrons. The van der Waals surface area contributed by atoms with Crippen LogP contribution in [0, 0.1) is 5.82 Å². The Bertz CT molecular complexity index is 1020. The second-order valence-corrected chi connectivity index (χ2v) is 8.10. The zero-order valence-corrected chi connectivity index (χ0v) is 17.8. The quantitative estimate of drug-likeness (QED) is 0.381. The number of thioether (sulfide) groups is 1. The first-order chi connectivity index (χ1) is 14.5. The third kappa shape index (κ3) is 5.54. The molecule has 2 heterocycles. The van der Waals surface area contributed by atoms with Gasteiger partial charge in [-0.3, -0.25) is 14.9 Å². The molecular weight excluding hydrogens is 431 g/mol. The van der Waals surface area contributed by atoms with Gasteiger partial charge in [0.05, 0.1) is 24.2 Å². The summed E-state index contributed by atoms with van der Waals surface area (Å²) in [5, 5.41) is 17.6. The Kier molecular flexibility index (Phi) is 7.36. The van der Waals surface area contributed by atoms with Crippen LogP contribution >= 0.6 is 23.1 Å². The Hall–Kier alpha value is -2.99. The van der Waals surface area contributed by atoms with Crippen molar-refractivity contribution < 1.29 is 18.7 Å². The average molecular weight is 451 g/mol. The Labute approximate surface area is 180 Å². The fraction of sp³-hybridized carbons (Fsp3) is 0.278. The average Bonchev–Trinajstić information content (AvgIpc) is 3.38. The van der Waals surface area contributed by atoms with E-state index < -0.39 is 5.91 Å². The Morgan fingerprint density at radius 3 is 2.73 bits per heavy atom. The third-order valence-electron chi connectivity index (χ3n) is 3.68. The number of nitrogens with one attached hydrogen (secondary N) is 2. The topological polar surface area (TPSA) is 111 Å². The smallest absolute Gasteiger partial charge is 0.281 e. The first kappa shape index (κ1) is 21.7. The van der Waals surface area contributed by atoms with Crippen molar-refractivity contribution in [2.45, 2.75) is 17.7 Å². The fourth-order valence-corrected chi connectivity index (χ4v) is 3.85. The molecule has 0 fully saturated rings. The highest BCUT2D eigenvalue weighted by Gasteiger charge is 2.21. The van der Waals surface area contributed by atoms with Gasteiger partial charge in [0.25, 0.3) is 5.91 Å². The summed E-state index contributed by atoms with van der Waals surface area (Å²) in [6, 6.07) is 5.72. The maximum Gasteiger partial charge on any atom is 0.281 e. The molecule has 2 aromatic heterocycles. The molecule has 0 saturated carbocycles. The lowest BCUT2D eigenvalue weighted by atomic mass is 10.3. The van der Waals surface area contributed by atoms with Crippen molar-refractivity contribution in [3.05, 3.63) is 42.0 Å². The molecule has 2 amide bonds. The summed E-state index contributed by atoms with van der Waals surface area (Å²) >= 11 is 2.37. The highest BCUT2D eigenvalue weighted by Crippen LogP contribution is 2.27. The number of rotatable bonds is 9. The molecule has 12 heteroatoms. The van der Waals surface area contributed by atoms with E-state index in [0.29, 0.717) is 22.4 Å². The number of carbonyl (C=O) groups excluding carboxylic acids is 2. The zero-order chi connectivity index (χ0) is 21.5. The van der Waals surface area contributed by atoms with Crippen LogP contribution in [0.25, 0.3) is 5.69 Å². The summed E-state index contributed by atoms with van der Waals surface area (Å²) in [7, 11) is 1.55. The molecule has 3 aromatic rings. The summed E-state index contributed by atoms with van der Waals surface area (Å²) in [4.78, 5) is 24.1. The van der Waals surface area contributed by atoms with E-state index in [1.165, 1.54) is 28.6 Å². The summed E-state index contributed by atoms with van der Waals surface area (Å²) < 4.78 is 20.8. The van der Waals surface area contributed by atoms with Gasteiger partial charge in [-0.25, -0.2) is 9.07 Å². The molecule has 0 atom stereocenters. The van der Waals surface area contributed by atoms with Gasteiger partial charge in [-0.05, 0) is 30.7 Å². The van der Waals surface area contributed by atoms with E-state index in [-0.39, 0.29) is 28.3 Å². The standard InChI is InChI=1S/C18H19FN6O3S2/c1-3-8-28-13-9-25(12-6-4-11(19)5-7-12)24-15(13)16(27)21-17-22-23-18(30-17)29-10-14(26)20-2/h4-7,9H,3,8,10H2,1-2H3,(H,20,26)(H,21,22,27). The van der Waals surface area contributed by atoms with Crippen molar-refractivity contribution in [1.29, 1.82) is 0 Å². The van der Waals surface area contributed by atoms with E-state index in [2.05, 4.69) is 25.9 Å². The molecule has 1 aromatic carbocycles. The fourth-order valence-electron chi connectivity index (χ4n) is 2.23. The lowest BCUT2D eigenvalue weighted by Gasteiger charge is -2.03. The Morgan fingerprint density at radius 1 is 1.27 bits per heavy atom. The van der Waals surface area contributed by atoms with Gasteiger partial charge in [0, 0.05) is 7.05 Å². The number of hydrogen-bond donors (Lipinski definition) is 2. The summed E-state index contributed by atoms with van der Waals surface area (Å²) in [5.74, 6) is -0.508. The van der Waals surface area contributed by atoms with Crippen LogP contribution in [-0.2, 0) is 4.79 Å². The van der Waals surface area contributed by atoms with Crippen LogP contribution in [-0.4, -0.2) is 51.2 Å². The van der Waals surface area contributed by atoms with Gasteiger partial charge in [-0.1, -0.05) is 30.0 Å². The third-order valence-corrected chi connectivity index (χ3v) is 5.65. The van der Waals surface area contributed by atoms with Crippen LogP contribution in [0.3, 0.4) is 0 Å². The number of amides is 2. The highest BCUT2D eigenvalue weighted by molar-refractivity contribution is 8.01. The molecule has 0 aliphatic carbocycles. The highest BCUT2D eigenvalue weighted by atomic mass is 32.2. The minimum atomic E-state index is -0.513. The van der Waals surface area contributed by atoms with Crippen LogP contribution in [0.4, 0.5) is 9.52 Å². The lowest BCUT2D eigenvalue weighted by molar-refractivity contribution is -0.118. The molecular formula is C18H19FN6O3S2. The molecule has 2 N–H and O–H groups in total. The number of halogens is 1. The van der Waals surface area contributed by atoms with Crippen LogP contribution in [0.5, 0.6) is 5.75 Å². The summed E-state index contributed by atoms with van der Waals surface area (Å²) in [5.41, 5.74) is 0.656. The number of benzene rings is 1. The molecule has 0 bridgehead atoms. The minimum Gasteiger partial charge on any atom is -0.489 e. The number of anilines is 1. The zero-order valence-electron chi connectivity index (χ0n) is 16.2. The van der Waals surface area contributed by atoms with E-state index in [1.54, 1.807) is 25.4 Å². The summed E-state index contributed by atoms with van der Waals surface area (Å²) in [6.45, 7) is 2.36. The van der Waals surface area contributed by atoms with Crippen molar-refractivity contribution >= 4 is 40.0 Å². The van der Waals surface area contributed by atoms with Gasteiger partial charge < -0.3 is 10.1 Å². The monoisotopic (exact) mass is 450 g/mol. The predicted molar refractivity (Wildman–Crippen MR) is 112 cm³/mol. The molecule has 0 spiro atoms. The maximum atomic E-state index is 13.2. The van der Waals surface area contributed by atoms with Gasteiger partial charge in [-0.2, -0.15) is 5.10 Å². The van der Waals surface area contributed by atoms with Gasteiger partial charge in [0.15, 0.2) is 15.8 Å². The molecule has 0 saturated heterocycles. The van der Waals surface area contributed by atoms with E-state index in [0.717, 1.165) is 17.8 Å². The number of nitrogens with zero attached hydrogens (tertiary/aromatic N) is 4. The second kappa shape index (κ2) is 10.2. The van der Waals surface area contributed by atoms with E-state index >= 15 is 0 Å². The van der Waals surface area contributed by atoms with Crippen LogP contribution in [0.1, 0.15) is 23.8 Å². The lowest BCUT2D eigenvalue weighted by Crippen LogP contribution is -2.19. The van der Waals surface area contributed by atoms with Crippen molar-refractivity contribution in [3.8, 4) is 11.4 Å². The number of ether oxygens (including phenoxy) is 1. The molecule has 9 nitrogen and oxygen atoms in total. The van der Waals surface area contributed by atoms with E-state index in [1.807, 2.05) is 6.92 Å². The van der Waals surface area contributed by atoms with Crippen molar-refractivity contribution in [3.63, 3.8) is 0 Å². The summed E-state index contributed by atoms with van der Waals surface area (Å²) in [6.07, 6.45) is 2.33. The molecule has 0 aliphatic rings. The molecule has 3 rings (SSSR count). The largest absolute Gasteiger partial charge is 0.489 e. The second-order valence-electron chi connectivity index (χ2n) is 5.90. The maximum absolute atomic E-state index is 13.2. The van der Waals surface area contributed by atoms with Crippen LogP contribution in [0.15, 0.2) is 34.8 Å². The Morgan fingerprint density at radius 2 is 2.03 bits per heavy atom. The molecule has 0 unspecified atom stereocenters. The molecule has 158 valence electrons. The van der Waals surface area contributed by atoms with Crippen molar-refractivity contribution in [2.75, 3.05) is 24.7 Å². The number of carbonyl (C=O) groups is 2. The van der Waals surface area contributed by atoms with Gasteiger partial charge in [0.2, 0.25) is 11.0 Å². The first-order valence-electron chi connectivity index (χ1n) is 8.96. The molecule has 0 aliphatic heterocycles. The van der Waals surface area contributed by atoms with Crippen LogP contribution in [0.2, 0.25) is 0 Å². The van der Waals surface area contributed by atoms with Crippen molar-refractivity contribution in [2.24, 2.45) is 0 Å². The van der Waals surface area contributed by atoms with Gasteiger partial charge >= 0.3 is 0 Å². The van der Waals surface area contributed by atoms with Gasteiger partial charge in [-0.15, -0.1) is 10.2 Å². The number of aromatic nitrogens is 4. The number of hydrogen-bond acceptors (Lipinski definition) is 8.